The lowest BCUT2D eigenvalue weighted by Crippen LogP contribution is -2.15. The van der Waals surface area contributed by atoms with E-state index in [0.717, 1.165) is 23.2 Å². The van der Waals surface area contributed by atoms with Crippen molar-refractivity contribution in [2.45, 2.75) is 32.8 Å². The number of nitrogens with one attached hydrogen (secondary N) is 1. The van der Waals surface area contributed by atoms with Gasteiger partial charge in [0.15, 0.2) is 0 Å². The fraction of sp³-hybridized carbons (Fsp3) is 0.533. The summed E-state index contributed by atoms with van der Waals surface area (Å²) in [6.45, 7) is 5.03. The Kier molecular flexibility index (Phi) is 8.30. The molecule has 112 valence electrons. The van der Waals surface area contributed by atoms with Crippen LogP contribution < -0.4 is 10.1 Å². The normalized spacial score (nSPS) is 10.6. The van der Waals surface area contributed by atoms with Crippen LogP contribution in [0, 0.1) is 0 Å². The zero-order valence-corrected chi connectivity index (χ0v) is 13.6. The molecule has 0 aliphatic rings. The van der Waals surface area contributed by atoms with Crippen molar-refractivity contribution in [3.8, 4) is 5.75 Å². The number of carbonyl (C=O) groups is 1. The second kappa shape index (κ2) is 9.77. The molecule has 4 nitrogen and oxygen atoms in total. The number of ether oxygens (including phenoxy) is 2. The second-order valence-corrected chi connectivity index (χ2v) is 5.43. The second-order valence-electron chi connectivity index (χ2n) is 4.63. The molecule has 0 aromatic heterocycles. The number of carbonyl (C=O) groups excluding carboxylic acids is 1. The van der Waals surface area contributed by atoms with E-state index in [1.165, 1.54) is 0 Å². The SMILES string of the molecule is CC(C)OCCC(=O)Nc1ccc(OCCCBr)cc1. The van der Waals surface area contributed by atoms with Crippen molar-refractivity contribution >= 4 is 27.5 Å². The third kappa shape index (κ3) is 7.50. The summed E-state index contributed by atoms with van der Waals surface area (Å²) >= 11 is 3.35. The first-order valence-corrected chi connectivity index (χ1v) is 7.94. The third-order valence-electron chi connectivity index (χ3n) is 2.47. The molecule has 0 atom stereocenters. The number of alkyl halides is 1. The van der Waals surface area contributed by atoms with E-state index in [9.17, 15) is 4.79 Å². The maximum Gasteiger partial charge on any atom is 0.226 e. The van der Waals surface area contributed by atoms with Gasteiger partial charge in [0.1, 0.15) is 5.75 Å². The van der Waals surface area contributed by atoms with Gasteiger partial charge in [-0.2, -0.15) is 0 Å². The molecule has 0 unspecified atom stereocenters. The molecule has 0 aliphatic heterocycles. The van der Waals surface area contributed by atoms with Gasteiger partial charge >= 0.3 is 0 Å². The lowest BCUT2D eigenvalue weighted by atomic mass is 10.3. The molecule has 0 aliphatic carbocycles. The molecule has 20 heavy (non-hydrogen) atoms. The minimum Gasteiger partial charge on any atom is -0.494 e. The van der Waals surface area contributed by atoms with Crippen molar-refractivity contribution in [1.29, 1.82) is 0 Å². The van der Waals surface area contributed by atoms with Crippen LogP contribution in [0.4, 0.5) is 5.69 Å². The smallest absolute Gasteiger partial charge is 0.226 e. The number of benzene rings is 1. The predicted octanol–water partition coefficient (Wildman–Crippen LogP) is 3.60. The summed E-state index contributed by atoms with van der Waals surface area (Å²) in [6.07, 6.45) is 1.48. The first-order chi connectivity index (χ1) is 9.61. The Labute approximate surface area is 129 Å². The average Bonchev–Trinajstić information content (AvgIpc) is 2.40. The molecule has 0 saturated heterocycles. The summed E-state index contributed by atoms with van der Waals surface area (Å²) in [5.74, 6) is 0.769. The summed E-state index contributed by atoms with van der Waals surface area (Å²) < 4.78 is 10.9. The molecule has 1 aromatic carbocycles. The lowest BCUT2D eigenvalue weighted by Gasteiger charge is -2.09. The van der Waals surface area contributed by atoms with E-state index in [4.69, 9.17) is 9.47 Å². The van der Waals surface area contributed by atoms with E-state index in [-0.39, 0.29) is 12.0 Å². The van der Waals surface area contributed by atoms with E-state index < -0.39 is 0 Å². The van der Waals surface area contributed by atoms with E-state index in [0.29, 0.717) is 19.6 Å². The average molecular weight is 344 g/mol. The minimum absolute atomic E-state index is 0.0430. The number of anilines is 1. The summed E-state index contributed by atoms with van der Waals surface area (Å²) in [6, 6.07) is 7.39. The lowest BCUT2D eigenvalue weighted by molar-refractivity contribution is -0.117. The molecule has 1 N–H and O–H groups in total. The highest BCUT2D eigenvalue weighted by molar-refractivity contribution is 9.09. The number of hydrogen-bond acceptors (Lipinski definition) is 3. The molecule has 0 fully saturated rings. The summed E-state index contributed by atoms with van der Waals surface area (Å²) in [5, 5.41) is 3.76. The van der Waals surface area contributed by atoms with Gasteiger partial charge in [-0.15, -0.1) is 0 Å². The molecular formula is C15H22BrNO3. The van der Waals surface area contributed by atoms with E-state index in [2.05, 4.69) is 21.2 Å². The molecule has 0 saturated carbocycles. The van der Waals surface area contributed by atoms with Crippen molar-refractivity contribution in [2.75, 3.05) is 23.9 Å². The zero-order valence-electron chi connectivity index (χ0n) is 12.0. The number of hydrogen-bond donors (Lipinski definition) is 1. The molecule has 0 bridgehead atoms. The Bertz CT molecular complexity index is 393. The summed E-state index contributed by atoms with van der Waals surface area (Å²) in [4.78, 5) is 11.7. The van der Waals surface area contributed by atoms with Crippen molar-refractivity contribution in [1.82, 2.24) is 0 Å². The molecule has 1 rings (SSSR count). The van der Waals surface area contributed by atoms with Gasteiger partial charge in [0.25, 0.3) is 0 Å². The maximum atomic E-state index is 11.7. The molecule has 1 aromatic rings. The van der Waals surface area contributed by atoms with Gasteiger partial charge in [-0.3, -0.25) is 4.79 Å². The Hall–Kier alpha value is -1.07. The van der Waals surface area contributed by atoms with Gasteiger partial charge in [-0.1, -0.05) is 15.9 Å². The third-order valence-corrected chi connectivity index (χ3v) is 3.03. The largest absolute Gasteiger partial charge is 0.494 e. The topological polar surface area (TPSA) is 47.6 Å². The minimum atomic E-state index is -0.0430. The van der Waals surface area contributed by atoms with Crippen LogP contribution in [0.5, 0.6) is 5.75 Å². The van der Waals surface area contributed by atoms with Crippen molar-refractivity contribution in [3.63, 3.8) is 0 Å². The predicted molar refractivity (Wildman–Crippen MR) is 84.7 cm³/mol. The number of rotatable bonds is 9. The molecule has 0 radical (unpaired) electrons. The highest BCUT2D eigenvalue weighted by Crippen LogP contribution is 2.16. The first kappa shape index (κ1) is 17.0. The first-order valence-electron chi connectivity index (χ1n) is 6.82. The molecule has 0 spiro atoms. The van der Waals surface area contributed by atoms with Gasteiger partial charge < -0.3 is 14.8 Å². The quantitative estimate of drug-likeness (QED) is 0.550. The fourth-order valence-electron chi connectivity index (χ4n) is 1.49. The highest BCUT2D eigenvalue weighted by Gasteiger charge is 2.03. The van der Waals surface area contributed by atoms with Crippen LogP contribution in [0.3, 0.4) is 0 Å². The zero-order chi connectivity index (χ0) is 14.8. The van der Waals surface area contributed by atoms with Crippen LogP contribution in [0.1, 0.15) is 26.7 Å². The van der Waals surface area contributed by atoms with Crippen molar-refractivity contribution in [2.24, 2.45) is 0 Å². The summed E-state index contributed by atoms with van der Waals surface area (Å²) in [7, 11) is 0. The maximum absolute atomic E-state index is 11.7. The Morgan fingerprint density at radius 3 is 2.55 bits per heavy atom. The van der Waals surface area contributed by atoms with Crippen LogP contribution in [-0.2, 0) is 9.53 Å². The van der Waals surface area contributed by atoms with Crippen LogP contribution >= 0.6 is 15.9 Å². The standard InChI is InChI=1S/C15H22BrNO3/c1-12(2)19-11-8-15(18)17-13-4-6-14(7-5-13)20-10-3-9-16/h4-7,12H,3,8-11H2,1-2H3,(H,17,18). The molecular weight excluding hydrogens is 322 g/mol. The summed E-state index contributed by atoms with van der Waals surface area (Å²) in [5.41, 5.74) is 0.771. The van der Waals surface area contributed by atoms with Crippen LogP contribution in [0.25, 0.3) is 0 Å². The van der Waals surface area contributed by atoms with Crippen LogP contribution in [0.2, 0.25) is 0 Å². The van der Waals surface area contributed by atoms with E-state index in [1.807, 2.05) is 38.1 Å². The molecule has 0 heterocycles. The Morgan fingerprint density at radius 2 is 1.95 bits per heavy atom. The van der Waals surface area contributed by atoms with E-state index in [1.54, 1.807) is 0 Å². The van der Waals surface area contributed by atoms with Gasteiger partial charge in [0.05, 0.1) is 25.7 Å². The van der Waals surface area contributed by atoms with Crippen molar-refractivity contribution in [3.05, 3.63) is 24.3 Å². The number of amides is 1. The van der Waals surface area contributed by atoms with Gasteiger partial charge in [0, 0.05) is 11.0 Å². The van der Waals surface area contributed by atoms with E-state index >= 15 is 0 Å². The molecule has 5 heteroatoms. The monoisotopic (exact) mass is 343 g/mol. The number of halogens is 1. The molecule has 1 amide bonds. The van der Waals surface area contributed by atoms with Gasteiger partial charge in [-0.25, -0.2) is 0 Å². The Morgan fingerprint density at radius 1 is 1.25 bits per heavy atom. The van der Waals surface area contributed by atoms with Crippen LogP contribution in [0.15, 0.2) is 24.3 Å². The highest BCUT2D eigenvalue weighted by atomic mass is 79.9. The van der Waals surface area contributed by atoms with Gasteiger partial charge in [-0.05, 0) is 44.5 Å². The fourth-order valence-corrected chi connectivity index (χ4v) is 1.72. The van der Waals surface area contributed by atoms with Crippen LogP contribution in [-0.4, -0.2) is 30.6 Å². The Balaban J connectivity index is 2.31. The van der Waals surface area contributed by atoms with Gasteiger partial charge in [0.2, 0.25) is 5.91 Å². The van der Waals surface area contributed by atoms with Crippen molar-refractivity contribution < 1.29 is 14.3 Å².